The molecule has 5 aromatic rings. The van der Waals surface area contributed by atoms with Gasteiger partial charge in [-0.15, -0.1) is 0 Å². The van der Waals surface area contributed by atoms with E-state index < -0.39 is 32.6 Å². The monoisotopic (exact) mass is 762 g/mol. The molecule has 0 spiro atoms. The van der Waals surface area contributed by atoms with E-state index in [2.05, 4.69) is 25.0 Å². The summed E-state index contributed by atoms with van der Waals surface area (Å²) in [5, 5.41) is 3.49. The molecular formula is C38H40F2N6O7S. The van der Waals surface area contributed by atoms with Gasteiger partial charge in [-0.1, -0.05) is 44.2 Å². The quantitative estimate of drug-likeness (QED) is 0.0748. The summed E-state index contributed by atoms with van der Waals surface area (Å²) >= 11 is 0. The second-order valence-electron chi connectivity index (χ2n) is 12.3. The maximum Gasteiger partial charge on any atom is 0.410 e. The molecule has 0 saturated heterocycles. The number of rotatable bonds is 18. The van der Waals surface area contributed by atoms with E-state index in [-0.39, 0.29) is 23.2 Å². The Bertz CT molecular complexity index is 2240. The van der Waals surface area contributed by atoms with Gasteiger partial charge in [-0.05, 0) is 67.8 Å². The lowest BCUT2D eigenvalue weighted by Crippen LogP contribution is -2.18. The Morgan fingerprint density at radius 1 is 0.833 bits per heavy atom. The first kappa shape index (κ1) is 39.3. The number of pyridine rings is 1. The zero-order valence-electron chi connectivity index (χ0n) is 29.7. The second kappa shape index (κ2) is 18.2. The Hall–Kier alpha value is -5.90. The number of nitrogens with one attached hydrogen (secondary N) is 2. The molecule has 284 valence electrons. The van der Waals surface area contributed by atoms with Gasteiger partial charge in [0.05, 0.1) is 19.4 Å². The first-order valence-corrected chi connectivity index (χ1v) is 18.7. The fraction of sp³-hybridized carbons (Fsp3) is 0.289. The van der Waals surface area contributed by atoms with Crippen molar-refractivity contribution < 1.29 is 41.0 Å². The number of aromatic nitrogens is 3. The van der Waals surface area contributed by atoms with Gasteiger partial charge in [0.15, 0.2) is 5.75 Å². The van der Waals surface area contributed by atoms with E-state index in [1.54, 1.807) is 30.3 Å². The third-order valence-corrected chi connectivity index (χ3v) is 9.78. The van der Waals surface area contributed by atoms with Crippen LogP contribution in [0.2, 0.25) is 0 Å². The summed E-state index contributed by atoms with van der Waals surface area (Å²) in [6, 6.07) is 13.9. The number of ether oxygens (including phenoxy) is 3. The predicted molar refractivity (Wildman–Crippen MR) is 199 cm³/mol. The molecule has 5 rings (SSSR count). The van der Waals surface area contributed by atoms with Crippen LogP contribution in [0, 0.1) is 18.6 Å². The smallest absolute Gasteiger partial charge is 0.410 e. The van der Waals surface area contributed by atoms with Crippen LogP contribution in [0.25, 0.3) is 22.0 Å². The van der Waals surface area contributed by atoms with E-state index >= 15 is 0 Å². The van der Waals surface area contributed by atoms with E-state index in [9.17, 15) is 26.8 Å². The van der Waals surface area contributed by atoms with Crippen molar-refractivity contribution in [1.29, 1.82) is 0 Å². The Balaban J connectivity index is 1.15. The SMILES string of the molecule is COc1ncc(-c2cc(OCCCCCCCCCC(=O)Nc3ccccc3OC(N)=O)c3ncnc(C)c3c2)cc1NS(=O)(=O)c1ccc(F)cc1F. The van der Waals surface area contributed by atoms with Crippen LogP contribution in [0.4, 0.5) is 25.0 Å². The average molecular weight is 763 g/mol. The normalized spacial score (nSPS) is 11.3. The lowest BCUT2D eigenvalue weighted by molar-refractivity contribution is -0.116. The number of primary amides is 1. The molecule has 0 aliphatic carbocycles. The molecule has 0 unspecified atom stereocenters. The number of carbonyl (C=O) groups excluding carboxylic acids is 2. The number of anilines is 2. The van der Waals surface area contributed by atoms with Crippen LogP contribution in [0.3, 0.4) is 0 Å². The molecule has 0 radical (unpaired) electrons. The standard InChI is InChI=1S/C38H40F2N6O7S/c1-24-28-18-25(26-19-31(37(51-2)42-22-26)46-54(49,50)34-16-15-27(39)21-29(34)40)20-33(36(28)44-23-43-24)52-17-11-7-5-3-4-6-8-14-35(47)45-30-12-9-10-13-32(30)53-38(41)48/h9-10,12-13,15-16,18-23,46H,3-8,11,14,17H2,1-2H3,(H2,41,48)(H,45,47). The summed E-state index contributed by atoms with van der Waals surface area (Å²) in [6.07, 6.45) is 8.68. The van der Waals surface area contributed by atoms with Crippen LogP contribution < -0.4 is 30.0 Å². The summed E-state index contributed by atoms with van der Waals surface area (Å²) in [7, 11) is -3.16. The van der Waals surface area contributed by atoms with Crippen molar-refractivity contribution >= 4 is 44.3 Å². The Kier molecular flexibility index (Phi) is 13.3. The van der Waals surface area contributed by atoms with Crippen molar-refractivity contribution in [2.45, 2.75) is 63.2 Å². The largest absolute Gasteiger partial charge is 0.491 e. The maximum absolute atomic E-state index is 14.4. The number of para-hydroxylation sites is 2. The fourth-order valence-corrected chi connectivity index (χ4v) is 6.82. The van der Waals surface area contributed by atoms with Gasteiger partial charge in [-0.25, -0.2) is 36.9 Å². The van der Waals surface area contributed by atoms with Crippen molar-refractivity contribution in [2.75, 3.05) is 23.8 Å². The van der Waals surface area contributed by atoms with Gasteiger partial charge in [0.2, 0.25) is 11.8 Å². The second-order valence-corrected chi connectivity index (χ2v) is 14.0. The number of benzene rings is 3. The molecule has 0 aliphatic rings. The number of methoxy groups -OCH3 is 1. The number of nitrogens with zero attached hydrogens (tertiary/aromatic N) is 3. The molecule has 0 bridgehead atoms. The number of nitrogens with two attached hydrogens (primary N) is 1. The van der Waals surface area contributed by atoms with Crippen molar-refractivity contribution in [3.8, 4) is 28.5 Å². The highest BCUT2D eigenvalue weighted by molar-refractivity contribution is 7.92. The van der Waals surface area contributed by atoms with E-state index in [4.69, 9.17) is 19.9 Å². The van der Waals surface area contributed by atoms with Crippen LogP contribution in [0.1, 0.15) is 57.1 Å². The minimum absolute atomic E-state index is 0.0523. The van der Waals surface area contributed by atoms with Crippen LogP contribution in [-0.4, -0.2) is 49.1 Å². The molecule has 13 nitrogen and oxygen atoms in total. The lowest BCUT2D eigenvalue weighted by Gasteiger charge is -2.15. The minimum atomic E-state index is -4.48. The van der Waals surface area contributed by atoms with Gasteiger partial charge in [0, 0.05) is 35.3 Å². The number of carbonyl (C=O) groups is 2. The third kappa shape index (κ3) is 10.4. The van der Waals surface area contributed by atoms with Crippen molar-refractivity contribution in [3.63, 3.8) is 0 Å². The third-order valence-electron chi connectivity index (χ3n) is 8.39. The van der Waals surface area contributed by atoms with Crippen LogP contribution in [-0.2, 0) is 14.8 Å². The highest BCUT2D eigenvalue weighted by atomic mass is 32.2. The Morgan fingerprint density at radius 2 is 1.57 bits per heavy atom. The molecule has 54 heavy (non-hydrogen) atoms. The molecule has 0 fully saturated rings. The van der Waals surface area contributed by atoms with Gasteiger partial charge in [-0.2, -0.15) is 0 Å². The summed E-state index contributed by atoms with van der Waals surface area (Å²) < 4.78 is 72.7. The van der Waals surface area contributed by atoms with Crippen molar-refractivity contribution in [3.05, 3.63) is 90.5 Å². The molecular weight excluding hydrogens is 723 g/mol. The molecule has 3 aromatic carbocycles. The minimum Gasteiger partial charge on any atom is -0.491 e. The summed E-state index contributed by atoms with van der Waals surface area (Å²) in [6.45, 7) is 2.27. The molecule has 2 heterocycles. The summed E-state index contributed by atoms with van der Waals surface area (Å²) in [5.41, 5.74) is 7.89. The Labute approximate surface area is 311 Å². The average Bonchev–Trinajstić information content (AvgIpc) is 3.12. The molecule has 16 heteroatoms. The van der Waals surface area contributed by atoms with Gasteiger partial charge >= 0.3 is 6.09 Å². The molecule has 2 aromatic heterocycles. The summed E-state index contributed by atoms with van der Waals surface area (Å²) in [4.78, 5) is 35.8. The number of fused-ring (bicyclic) bond motifs is 1. The van der Waals surface area contributed by atoms with Crippen LogP contribution in [0.5, 0.6) is 17.4 Å². The number of hydrogen-bond acceptors (Lipinski definition) is 10. The van der Waals surface area contributed by atoms with Crippen molar-refractivity contribution in [2.24, 2.45) is 5.73 Å². The fourth-order valence-electron chi connectivity index (χ4n) is 5.71. The summed E-state index contributed by atoms with van der Waals surface area (Å²) in [5.74, 6) is -1.66. The first-order valence-electron chi connectivity index (χ1n) is 17.2. The number of hydrogen-bond donors (Lipinski definition) is 3. The molecule has 0 saturated carbocycles. The number of aryl methyl sites for hydroxylation is 1. The van der Waals surface area contributed by atoms with Gasteiger partial charge in [0.1, 0.15) is 39.8 Å². The number of amides is 2. The van der Waals surface area contributed by atoms with E-state index in [0.717, 1.165) is 62.5 Å². The zero-order valence-corrected chi connectivity index (χ0v) is 30.5. The zero-order chi connectivity index (χ0) is 38.7. The molecule has 0 aliphatic heterocycles. The van der Waals surface area contributed by atoms with E-state index in [1.165, 1.54) is 25.7 Å². The van der Waals surface area contributed by atoms with Crippen LogP contribution >= 0.6 is 0 Å². The molecule has 0 atom stereocenters. The highest BCUT2D eigenvalue weighted by Crippen LogP contribution is 2.36. The first-order chi connectivity index (χ1) is 25.9. The Morgan fingerprint density at radius 3 is 2.31 bits per heavy atom. The van der Waals surface area contributed by atoms with Gasteiger partial charge in [0.25, 0.3) is 10.0 Å². The number of unbranched alkanes of at least 4 members (excludes halogenated alkanes) is 6. The molecule has 2 amide bonds. The molecule has 4 N–H and O–H groups in total. The number of halogens is 2. The van der Waals surface area contributed by atoms with Gasteiger partial charge in [-0.3, -0.25) is 9.52 Å². The van der Waals surface area contributed by atoms with E-state index in [0.29, 0.717) is 52.9 Å². The number of sulfonamides is 1. The maximum atomic E-state index is 14.4. The highest BCUT2D eigenvalue weighted by Gasteiger charge is 2.23. The topological polar surface area (TPSA) is 185 Å². The van der Waals surface area contributed by atoms with E-state index in [1.807, 2.05) is 13.0 Å². The van der Waals surface area contributed by atoms with Crippen molar-refractivity contribution in [1.82, 2.24) is 15.0 Å². The van der Waals surface area contributed by atoms with Gasteiger partial charge < -0.3 is 25.3 Å². The van der Waals surface area contributed by atoms with Crippen LogP contribution in [0.15, 0.2) is 78.1 Å². The lowest BCUT2D eigenvalue weighted by atomic mass is 10.0. The predicted octanol–water partition coefficient (Wildman–Crippen LogP) is 7.68.